The van der Waals surface area contributed by atoms with Crippen molar-refractivity contribution in [3.05, 3.63) is 70.5 Å². The van der Waals surface area contributed by atoms with Gasteiger partial charge in [-0.05, 0) is 29.7 Å². The molecule has 0 bridgehead atoms. The van der Waals surface area contributed by atoms with Crippen molar-refractivity contribution in [3.8, 4) is 11.6 Å². The van der Waals surface area contributed by atoms with E-state index in [1.54, 1.807) is 0 Å². The Balaban J connectivity index is 1.80. The first-order valence-corrected chi connectivity index (χ1v) is 7.94. The first-order chi connectivity index (χ1) is 10.8. The lowest BCUT2D eigenvalue weighted by molar-refractivity contribution is 0.443. The van der Waals surface area contributed by atoms with E-state index in [9.17, 15) is 0 Å². The Kier molecular flexibility index (Phi) is 2.41. The molecule has 106 valence electrons. The van der Waals surface area contributed by atoms with Gasteiger partial charge in [-0.15, -0.1) is 0 Å². The molecule has 0 saturated heterocycles. The number of halogens is 1. The molecule has 4 aromatic rings. The van der Waals surface area contributed by atoms with E-state index in [1.165, 1.54) is 10.9 Å². The maximum atomic E-state index is 6.01. The van der Waals surface area contributed by atoms with E-state index in [-0.39, 0.29) is 0 Å². The molecule has 0 aliphatic carbocycles. The van der Waals surface area contributed by atoms with Crippen LogP contribution in [0.1, 0.15) is 11.3 Å². The van der Waals surface area contributed by atoms with Gasteiger partial charge < -0.3 is 4.74 Å². The van der Waals surface area contributed by atoms with Gasteiger partial charge in [-0.2, -0.15) is 4.98 Å². The van der Waals surface area contributed by atoms with Crippen LogP contribution in [-0.2, 0) is 6.42 Å². The number of hydrogen-bond donors (Lipinski definition) is 0. The van der Waals surface area contributed by atoms with Gasteiger partial charge in [0.05, 0.1) is 5.69 Å². The number of imidazole rings is 1. The van der Waals surface area contributed by atoms with Crippen LogP contribution >= 0.6 is 15.9 Å². The molecule has 0 unspecified atom stereocenters. The van der Waals surface area contributed by atoms with Crippen molar-refractivity contribution >= 4 is 32.3 Å². The van der Waals surface area contributed by atoms with Crippen molar-refractivity contribution in [2.75, 3.05) is 0 Å². The highest BCUT2D eigenvalue weighted by molar-refractivity contribution is 9.10. The summed E-state index contributed by atoms with van der Waals surface area (Å²) >= 11 is 3.53. The molecule has 0 N–H and O–H groups in total. The largest absolute Gasteiger partial charge is 0.437 e. The number of benzene rings is 2. The molecule has 22 heavy (non-hydrogen) atoms. The lowest BCUT2D eigenvalue weighted by Gasteiger charge is -2.16. The molecule has 0 atom stereocenters. The number of aromatic nitrogens is 2. The van der Waals surface area contributed by atoms with Crippen molar-refractivity contribution < 1.29 is 4.74 Å². The highest BCUT2D eigenvalue weighted by Gasteiger charge is 2.23. The fraction of sp³-hybridized carbons (Fsp3) is 0.0556. The van der Waals surface area contributed by atoms with Crippen LogP contribution in [0, 0.1) is 0 Å². The second kappa shape index (κ2) is 4.34. The Hall–Kier alpha value is -2.33. The van der Waals surface area contributed by atoms with Gasteiger partial charge in [-0.1, -0.05) is 40.2 Å². The Morgan fingerprint density at radius 3 is 2.95 bits per heavy atom. The van der Waals surface area contributed by atoms with Crippen LogP contribution in [0.15, 0.2) is 59.2 Å². The van der Waals surface area contributed by atoms with Gasteiger partial charge in [0.15, 0.2) is 0 Å². The summed E-state index contributed by atoms with van der Waals surface area (Å²) in [5.41, 5.74) is 3.23. The molecule has 2 aromatic carbocycles. The van der Waals surface area contributed by atoms with Gasteiger partial charge >= 0.3 is 0 Å². The van der Waals surface area contributed by atoms with Crippen LogP contribution < -0.4 is 4.74 Å². The number of rotatable bonds is 0. The van der Waals surface area contributed by atoms with Crippen LogP contribution in [0.2, 0.25) is 0 Å². The minimum Gasteiger partial charge on any atom is -0.437 e. The summed E-state index contributed by atoms with van der Waals surface area (Å²) in [6, 6.07) is 16.5. The molecular formula is C18H11BrN2O. The van der Waals surface area contributed by atoms with Crippen LogP contribution in [0.25, 0.3) is 16.4 Å². The topological polar surface area (TPSA) is 26.5 Å². The van der Waals surface area contributed by atoms with E-state index in [0.717, 1.165) is 33.4 Å². The van der Waals surface area contributed by atoms with Gasteiger partial charge in [0.1, 0.15) is 11.4 Å². The second-order valence-electron chi connectivity index (χ2n) is 5.49. The lowest BCUT2D eigenvalue weighted by Crippen LogP contribution is -2.04. The minimum atomic E-state index is 0.714. The normalized spacial score (nSPS) is 13.0. The Morgan fingerprint density at radius 2 is 2.00 bits per heavy atom. The molecule has 0 saturated carbocycles. The van der Waals surface area contributed by atoms with Crippen LogP contribution in [0.4, 0.5) is 0 Å². The predicted octanol–water partition coefficient (Wildman–Crippen LogP) is 4.95. The number of fused-ring (bicyclic) bond motifs is 6. The smallest absolute Gasteiger partial charge is 0.241 e. The van der Waals surface area contributed by atoms with Gasteiger partial charge in [0.25, 0.3) is 0 Å². The first-order valence-electron chi connectivity index (χ1n) is 7.14. The van der Waals surface area contributed by atoms with E-state index in [4.69, 9.17) is 9.72 Å². The third-order valence-corrected chi connectivity index (χ3v) is 4.66. The summed E-state index contributed by atoms with van der Waals surface area (Å²) in [5, 5.41) is 2.34. The molecule has 3 nitrogen and oxygen atoms in total. The average Bonchev–Trinajstić information content (AvgIpc) is 2.90. The van der Waals surface area contributed by atoms with Crippen LogP contribution in [0.3, 0.4) is 0 Å². The maximum Gasteiger partial charge on any atom is 0.241 e. The highest BCUT2D eigenvalue weighted by atomic mass is 79.9. The molecule has 4 heteroatoms. The quantitative estimate of drug-likeness (QED) is 0.395. The van der Waals surface area contributed by atoms with Crippen molar-refractivity contribution in [2.24, 2.45) is 0 Å². The number of hydrogen-bond acceptors (Lipinski definition) is 2. The zero-order valence-electron chi connectivity index (χ0n) is 11.6. The van der Waals surface area contributed by atoms with E-state index in [2.05, 4.69) is 50.8 Å². The molecule has 0 amide bonds. The number of ether oxygens (including phenoxy) is 1. The minimum absolute atomic E-state index is 0.714. The third-order valence-electron chi connectivity index (χ3n) is 4.17. The summed E-state index contributed by atoms with van der Waals surface area (Å²) in [6.07, 6.45) is 2.90. The molecule has 0 radical (unpaired) electrons. The van der Waals surface area contributed by atoms with Gasteiger partial charge in [-0.3, -0.25) is 4.40 Å². The van der Waals surface area contributed by atoms with E-state index in [1.807, 2.05) is 24.3 Å². The monoisotopic (exact) mass is 350 g/mol. The van der Waals surface area contributed by atoms with Gasteiger partial charge in [-0.25, -0.2) is 0 Å². The fourth-order valence-electron chi connectivity index (χ4n) is 3.11. The molecule has 1 aliphatic rings. The van der Waals surface area contributed by atoms with E-state index in [0.29, 0.717) is 5.88 Å². The Bertz CT molecular complexity index is 1050. The van der Waals surface area contributed by atoms with Crippen molar-refractivity contribution in [1.29, 1.82) is 0 Å². The zero-order valence-corrected chi connectivity index (χ0v) is 13.2. The van der Waals surface area contributed by atoms with Crippen molar-refractivity contribution in [3.63, 3.8) is 0 Å². The molecule has 5 rings (SSSR count). The van der Waals surface area contributed by atoms with Gasteiger partial charge in [0.2, 0.25) is 5.88 Å². The standard InChI is InChI=1S/C18H11BrN2O/c19-13-5-6-16-12(9-13)10-15-18(22-16)20-17-14-4-2-1-3-11(14)7-8-21(15)17/h1-9H,10H2. The average molecular weight is 351 g/mol. The molecule has 3 heterocycles. The van der Waals surface area contributed by atoms with Crippen molar-refractivity contribution in [2.45, 2.75) is 6.42 Å². The summed E-state index contributed by atoms with van der Waals surface area (Å²) in [6.45, 7) is 0. The third kappa shape index (κ3) is 1.64. The fourth-order valence-corrected chi connectivity index (χ4v) is 3.52. The highest BCUT2D eigenvalue weighted by Crippen LogP contribution is 2.38. The molecule has 0 fully saturated rings. The van der Waals surface area contributed by atoms with Crippen LogP contribution in [0.5, 0.6) is 11.6 Å². The summed E-state index contributed by atoms with van der Waals surface area (Å²) in [5.74, 6) is 1.61. The first kappa shape index (κ1) is 12.2. The molecule has 0 spiro atoms. The molecule has 2 aromatic heterocycles. The second-order valence-corrected chi connectivity index (χ2v) is 6.41. The maximum absolute atomic E-state index is 6.01. The number of nitrogens with zero attached hydrogens (tertiary/aromatic N) is 2. The van der Waals surface area contributed by atoms with Gasteiger partial charge in [0, 0.05) is 28.0 Å². The summed E-state index contributed by atoms with van der Waals surface area (Å²) in [4.78, 5) is 4.73. The SMILES string of the molecule is Brc1ccc2c(c1)Cc1c(nc3c4ccccc4ccn13)O2. The Labute approximate surface area is 135 Å². The molecular weight excluding hydrogens is 340 g/mol. The predicted molar refractivity (Wildman–Crippen MR) is 89.7 cm³/mol. The van der Waals surface area contributed by atoms with E-state index >= 15 is 0 Å². The summed E-state index contributed by atoms with van der Waals surface area (Å²) in [7, 11) is 0. The molecule has 1 aliphatic heterocycles. The number of pyridine rings is 1. The zero-order chi connectivity index (χ0) is 14.7. The van der Waals surface area contributed by atoms with Crippen LogP contribution in [-0.4, -0.2) is 9.38 Å². The lowest BCUT2D eigenvalue weighted by atomic mass is 10.1. The van der Waals surface area contributed by atoms with Crippen molar-refractivity contribution in [1.82, 2.24) is 9.38 Å². The Morgan fingerprint density at radius 1 is 1.09 bits per heavy atom. The summed E-state index contributed by atoms with van der Waals surface area (Å²) < 4.78 is 9.22. The van der Waals surface area contributed by atoms with E-state index < -0.39 is 0 Å².